The van der Waals surface area contributed by atoms with Crippen molar-refractivity contribution in [3.05, 3.63) is 70.1 Å². The van der Waals surface area contributed by atoms with Crippen LogP contribution in [0.1, 0.15) is 11.1 Å². The summed E-state index contributed by atoms with van der Waals surface area (Å²) in [6.07, 6.45) is 1.83. The maximum atomic E-state index is 11.6. The molecule has 1 aromatic carbocycles. The highest BCUT2D eigenvalue weighted by atomic mass is 16.1. The summed E-state index contributed by atoms with van der Waals surface area (Å²) in [5.41, 5.74) is 8.03. The molecule has 0 fully saturated rings. The first kappa shape index (κ1) is 14.5. The van der Waals surface area contributed by atoms with Gasteiger partial charge in [0.15, 0.2) is 0 Å². The third-order valence-corrected chi connectivity index (χ3v) is 3.33. The highest BCUT2D eigenvalue weighted by Crippen LogP contribution is 2.06. The molecule has 2 N–H and O–H groups in total. The van der Waals surface area contributed by atoms with Gasteiger partial charge in [-0.3, -0.25) is 4.79 Å². The Balaban J connectivity index is 1.87. The van der Waals surface area contributed by atoms with E-state index in [2.05, 4.69) is 36.2 Å². The number of nitrogens with zero attached hydrogens (tertiary/aromatic N) is 2. The summed E-state index contributed by atoms with van der Waals surface area (Å²) < 4.78 is 1.73. The molecule has 20 heavy (non-hydrogen) atoms. The van der Waals surface area contributed by atoms with Crippen molar-refractivity contribution in [1.82, 2.24) is 9.47 Å². The summed E-state index contributed by atoms with van der Waals surface area (Å²) in [6.45, 7) is 2.99. The van der Waals surface area contributed by atoms with E-state index in [1.807, 2.05) is 12.3 Å². The summed E-state index contributed by atoms with van der Waals surface area (Å²) in [7, 11) is 2.06. The molecule has 106 valence electrons. The van der Waals surface area contributed by atoms with E-state index in [-0.39, 0.29) is 5.56 Å². The van der Waals surface area contributed by atoms with Crippen LogP contribution in [0.4, 0.5) is 0 Å². The fraction of sp³-hybridized carbons (Fsp3) is 0.312. The average Bonchev–Trinajstić information content (AvgIpc) is 2.47. The van der Waals surface area contributed by atoms with Crippen LogP contribution in [0.3, 0.4) is 0 Å². The fourth-order valence-corrected chi connectivity index (χ4v) is 2.10. The second kappa shape index (κ2) is 7.03. The lowest BCUT2D eigenvalue weighted by Crippen LogP contribution is -2.27. The lowest BCUT2D eigenvalue weighted by Gasteiger charge is -2.17. The van der Waals surface area contributed by atoms with Gasteiger partial charge in [0.2, 0.25) is 0 Å². The van der Waals surface area contributed by atoms with Gasteiger partial charge in [-0.15, -0.1) is 0 Å². The van der Waals surface area contributed by atoms with Gasteiger partial charge in [-0.25, -0.2) is 0 Å². The SMILES string of the molecule is CN(CCn1ccccc1=O)Cc1ccc(CN)cc1. The zero-order chi connectivity index (χ0) is 14.4. The zero-order valence-corrected chi connectivity index (χ0v) is 11.8. The van der Waals surface area contributed by atoms with Gasteiger partial charge in [-0.1, -0.05) is 30.3 Å². The monoisotopic (exact) mass is 271 g/mol. The highest BCUT2D eigenvalue weighted by molar-refractivity contribution is 5.22. The molecule has 0 aliphatic carbocycles. The standard InChI is InChI=1S/C16H21N3O/c1-18(10-11-19-9-3-2-4-16(19)20)13-15-7-5-14(12-17)6-8-15/h2-9H,10-13,17H2,1H3. The summed E-state index contributed by atoms with van der Waals surface area (Å²) in [5.74, 6) is 0. The van der Waals surface area contributed by atoms with Crippen molar-refractivity contribution in [2.45, 2.75) is 19.6 Å². The Morgan fingerprint density at radius 1 is 1.10 bits per heavy atom. The molecule has 0 bridgehead atoms. The van der Waals surface area contributed by atoms with Gasteiger partial charge >= 0.3 is 0 Å². The van der Waals surface area contributed by atoms with Gasteiger partial charge < -0.3 is 15.2 Å². The van der Waals surface area contributed by atoms with Crippen molar-refractivity contribution < 1.29 is 0 Å². The molecule has 2 aromatic rings. The Bertz CT molecular complexity index is 589. The van der Waals surface area contributed by atoms with Gasteiger partial charge in [0.1, 0.15) is 0 Å². The summed E-state index contributed by atoms with van der Waals surface area (Å²) in [5, 5.41) is 0. The van der Waals surface area contributed by atoms with E-state index in [4.69, 9.17) is 5.73 Å². The fourth-order valence-electron chi connectivity index (χ4n) is 2.10. The van der Waals surface area contributed by atoms with Crippen LogP contribution in [0.15, 0.2) is 53.5 Å². The molecule has 0 unspecified atom stereocenters. The number of rotatable bonds is 6. The zero-order valence-electron chi connectivity index (χ0n) is 11.8. The molecule has 0 amide bonds. The van der Waals surface area contributed by atoms with Crippen molar-refractivity contribution in [2.75, 3.05) is 13.6 Å². The predicted octanol–water partition coefficient (Wildman–Crippen LogP) is 1.44. The molecule has 1 aromatic heterocycles. The van der Waals surface area contributed by atoms with Crippen molar-refractivity contribution in [3.8, 4) is 0 Å². The van der Waals surface area contributed by atoms with Crippen LogP contribution in [0.25, 0.3) is 0 Å². The maximum Gasteiger partial charge on any atom is 0.250 e. The van der Waals surface area contributed by atoms with E-state index >= 15 is 0 Å². The number of hydrogen-bond donors (Lipinski definition) is 1. The third-order valence-electron chi connectivity index (χ3n) is 3.33. The van der Waals surface area contributed by atoms with Gasteiger partial charge in [-0.05, 0) is 24.2 Å². The first-order valence-electron chi connectivity index (χ1n) is 6.81. The first-order chi connectivity index (χ1) is 9.69. The molecule has 0 aliphatic heterocycles. The van der Waals surface area contributed by atoms with Crippen molar-refractivity contribution >= 4 is 0 Å². The van der Waals surface area contributed by atoms with Gasteiger partial charge in [0.05, 0.1) is 0 Å². The van der Waals surface area contributed by atoms with E-state index in [1.54, 1.807) is 16.7 Å². The summed E-state index contributed by atoms with van der Waals surface area (Å²) in [6, 6.07) is 13.6. The second-order valence-corrected chi connectivity index (χ2v) is 4.99. The largest absolute Gasteiger partial charge is 0.326 e. The van der Waals surface area contributed by atoms with Crippen LogP contribution < -0.4 is 11.3 Å². The molecular weight excluding hydrogens is 250 g/mol. The molecule has 1 heterocycles. The van der Waals surface area contributed by atoms with E-state index in [0.29, 0.717) is 13.1 Å². The number of benzene rings is 1. The molecule has 4 heteroatoms. The van der Waals surface area contributed by atoms with E-state index in [0.717, 1.165) is 18.7 Å². The topological polar surface area (TPSA) is 51.3 Å². The third kappa shape index (κ3) is 4.05. The minimum atomic E-state index is 0.0493. The van der Waals surface area contributed by atoms with Crippen LogP contribution in [-0.2, 0) is 19.6 Å². The van der Waals surface area contributed by atoms with Crippen LogP contribution >= 0.6 is 0 Å². The van der Waals surface area contributed by atoms with Crippen LogP contribution in [0.5, 0.6) is 0 Å². The number of likely N-dealkylation sites (N-methyl/N-ethyl adjacent to an activating group) is 1. The molecule has 2 rings (SSSR count). The van der Waals surface area contributed by atoms with Gasteiger partial charge in [0.25, 0.3) is 5.56 Å². The smallest absolute Gasteiger partial charge is 0.250 e. The van der Waals surface area contributed by atoms with E-state index in [9.17, 15) is 4.79 Å². The minimum absolute atomic E-state index is 0.0493. The van der Waals surface area contributed by atoms with Gasteiger partial charge in [-0.2, -0.15) is 0 Å². The van der Waals surface area contributed by atoms with Crippen LogP contribution in [0.2, 0.25) is 0 Å². The molecular formula is C16H21N3O. The maximum absolute atomic E-state index is 11.6. The van der Waals surface area contributed by atoms with Crippen LogP contribution in [-0.4, -0.2) is 23.1 Å². The Hall–Kier alpha value is -1.91. The minimum Gasteiger partial charge on any atom is -0.326 e. The summed E-state index contributed by atoms with van der Waals surface area (Å²) in [4.78, 5) is 13.8. The quantitative estimate of drug-likeness (QED) is 0.865. The lowest BCUT2D eigenvalue weighted by atomic mass is 10.1. The Labute approximate surface area is 119 Å². The Morgan fingerprint density at radius 3 is 2.45 bits per heavy atom. The molecule has 0 radical (unpaired) electrons. The highest BCUT2D eigenvalue weighted by Gasteiger charge is 2.02. The van der Waals surface area contributed by atoms with E-state index in [1.165, 1.54) is 5.56 Å². The molecule has 4 nitrogen and oxygen atoms in total. The molecule has 0 saturated heterocycles. The first-order valence-corrected chi connectivity index (χ1v) is 6.81. The normalized spacial score (nSPS) is 10.9. The van der Waals surface area contributed by atoms with Gasteiger partial charge in [0, 0.05) is 38.4 Å². The Kier molecular flexibility index (Phi) is 5.09. The Morgan fingerprint density at radius 2 is 1.80 bits per heavy atom. The summed E-state index contributed by atoms with van der Waals surface area (Å²) >= 11 is 0. The molecule has 0 atom stereocenters. The van der Waals surface area contributed by atoms with Crippen molar-refractivity contribution in [2.24, 2.45) is 5.73 Å². The number of pyridine rings is 1. The molecule has 0 saturated carbocycles. The number of nitrogens with two attached hydrogens (primary N) is 1. The molecule has 0 aliphatic rings. The number of hydrogen-bond acceptors (Lipinski definition) is 3. The molecule has 0 spiro atoms. The van der Waals surface area contributed by atoms with E-state index < -0.39 is 0 Å². The average molecular weight is 271 g/mol. The predicted molar refractivity (Wildman–Crippen MR) is 81.4 cm³/mol. The lowest BCUT2D eigenvalue weighted by molar-refractivity contribution is 0.310. The number of aromatic nitrogens is 1. The second-order valence-electron chi connectivity index (χ2n) is 4.99. The van der Waals surface area contributed by atoms with Crippen LogP contribution in [0, 0.1) is 0 Å². The van der Waals surface area contributed by atoms with Crippen molar-refractivity contribution in [3.63, 3.8) is 0 Å². The van der Waals surface area contributed by atoms with Crippen molar-refractivity contribution in [1.29, 1.82) is 0 Å².